The molecule has 0 aliphatic rings. The Morgan fingerprint density at radius 3 is 2.32 bits per heavy atom. The van der Waals surface area contributed by atoms with Crippen molar-refractivity contribution in [2.24, 2.45) is 0 Å². The highest BCUT2D eigenvalue weighted by Crippen LogP contribution is 2.14. The molecule has 7 heteroatoms. The van der Waals surface area contributed by atoms with E-state index in [9.17, 15) is 14.4 Å². The number of nitrogens with one attached hydrogen (secondary N) is 1. The fraction of sp³-hybridized carbons (Fsp3) is 0.278. The van der Waals surface area contributed by atoms with Crippen molar-refractivity contribution in [3.05, 3.63) is 58.5 Å². The predicted octanol–water partition coefficient (Wildman–Crippen LogP) is 2.16. The number of methoxy groups -OCH3 is 1. The SMILES string of the molecule is COC(=O)c1ccc(CNC(=O)COC(=O)c2cc(C)oc2C)cc1. The number of aryl methyl sites for hydroxylation is 2. The topological polar surface area (TPSA) is 94.8 Å². The van der Waals surface area contributed by atoms with Crippen molar-refractivity contribution in [1.82, 2.24) is 5.32 Å². The zero-order valence-corrected chi connectivity index (χ0v) is 14.3. The van der Waals surface area contributed by atoms with E-state index in [0.717, 1.165) is 5.56 Å². The summed E-state index contributed by atoms with van der Waals surface area (Å²) in [5.41, 5.74) is 1.54. The molecule has 0 unspecified atom stereocenters. The van der Waals surface area contributed by atoms with Gasteiger partial charge in [-0.15, -0.1) is 0 Å². The van der Waals surface area contributed by atoms with Crippen LogP contribution in [0.1, 0.15) is 37.8 Å². The second-order valence-corrected chi connectivity index (χ2v) is 5.37. The van der Waals surface area contributed by atoms with Crippen LogP contribution in [0.3, 0.4) is 0 Å². The first kappa shape index (κ1) is 18.3. The molecule has 7 nitrogen and oxygen atoms in total. The van der Waals surface area contributed by atoms with Gasteiger partial charge in [0.1, 0.15) is 17.1 Å². The smallest absolute Gasteiger partial charge is 0.342 e. The summed E-state index contributed by atoms with van der Waals surface area (Å²) in [5, 5.41) is 2.63. The molecule has 0 spiro atoms. The van der Waals surface area contributed by atoms with Crippen molar-refractivity contribution < 1.29 is 28.3 Å². The fourth-order valence-electron chi connectivity index (χ4n) is 2.17. The molecular formula is C18H19NO6. The number of carbonyl (C=O) groups is 3. The van der Waals surface area contributed by atoms with Crippen LogP contribution in [0.5, 0.6) is 0 Å². The van der Waals surface area contributed by atoms with Gasteiger partial charge in [0.15, 0.2) is 6.61 Å². The molecule has 1 heterocycles. The van der Waals surface area contributed by atoms with Crippen molar-refractivity contribution in [2.75, 3.05) is 13.7 Å². The molecule has 0 radical (unpaired) electrons. The van der Waals surface area contributed by atoms with E-state index in [1.165, 1.54) is 7.11 Å². The molecule has 2 rings (SSSR count). The van der Waals surface area contributed by atoms with Gasteiger partial charge in [0.05, 0.1) is 12.7 Å². The maximum Gasteiger partial charge on any atom is 0.342 e. The minimum absolute atomic E-state index is 0.252. The fourth-order valence-corrected chi connectivity index (χ4v) is 2.17. The molecule has 0 bridgehead atoms. The molecule has 2 aromatic rings. The molecule has 0 aliphatic heterocycles. The van der Waals surface area contributed by atoms with Gasteiger partial charge in [-0.05, 0) is 37.6 Å². The lowest BCUT2D eigenvalue weighted by molar-refractivity contribution is -0.124. The molecule has 0 saturated carbocycles. The van der Waals surface area contributed by atoms with Gasteiger partial charge in [-0.1, -0.05) is 12.1 Å². The Hall–Kier alpha value is -3.09. The van der Waals surface area contributed by atoms with Crippen molar-refractivity contribution in [3.63, 3.8) is 0 Å². The third-order valence-electron chi connectivity index (χ3n) is 3.46. The Bertz CT molecular complexity index is 775. The Morgan fingerprint density at radius 2 is 1.76 bits per heavy atom. The first-order chi connectivity index (χ1) is 11.9. The normalized spacial score (nSPS) is 10.2. The Morgan fingerprint density at radius 1 is 1.08 bits per heavy atom. The minimum Gasteiger partial charge on any atom is -0.466 e. The van der Waals surface area contributed by atoms with Gasteiger partial charge in [0, 0.05) is 6.54 Å². The Kier molecular flexibility index (Phi) is 5.94. The van der Waals surface area contributed by atoms with E-state index in [2.05, 4.69) is 10.1 Å². The average molecular weight is 345 g/mol. The second-order valence-electron chi connectivity index (χ2n) is 5.37. The molecule has 1 aromatic carbocycles. The molecule has 132 valence electrons. The first-order valence-electron chi connectivity index (χ1n) is 7.59. The van der Waals surface area contributed by atoms with E-state index < -0.39 is 17.8 Å². The average Bonchev–Trinajstić information content (AvgIpc) is 2.96. The van der Waals surface area contributed by atoms with Crippen LogP contribution in [0.2, 0.25) is 0 Å². The quantitative estimate of drug-likeness (QED) is 0.806. The van der Waals surface area contributed by atoms with Crippen LogP contribution in [0.15, 0.2) is 34.7 Å². The standard InChI is InChI=1S/C18H19NO6/c1-11-8-15(12(2)25-11)18(22)24-10-16(20)19-9-13-4-6-14(7-5-13)17(21)23-3/h4-8H,9-10H2,1-3H3,(H,19,20). The highest BCUT2D eigenvalue weighted by molar-refractivity contribution is 5.92. The summed E-state index contributed by atoms with van der Waals surface area (Å²) >= 11 is 0. The lowest BCUT2D eigenvalue weighted by Gasteiger charge is -2.07. The first-order valence-corrected chi connectivity index (χ1v) is 7.59. The summed E-state index contributed by atoms with van der Waals surface area (Å²) in [6.07, 6.45) is 0. The largest absolute Gasteiger partial charge is 0.466 e. The highest BCUT2D eigenvalue weighted by Gasteiger charge is 2.16. The van der Waals surface area contributed by atoms with Gasteiger partial charge in [0.2, 0.25) is 0 Å². The lowest BCUT2D eigenvalue weighted by Crippen LogP contribution is -2.28. The molecule has 0 atom stereocenters. The number of amides is 1. The summed E-state index contributed by atoms with van der Waals surface area (Å²) in [5.74, 6) is -0.402. The number of esters is 2. The molecule has 1 amide bonds. The van der Waals surface area contributed by atoms with Crippen LogP contribution in [-0.2, 0) is 20.8 Å². The maximum atomic E-state index is 11.9. The van der Waals surface area contributed by atoms with Gasteiger partial charge in [-0.2, -0.15) is 0 Å². The van der Waals surface area contributed by atoms with Gasteiger partial charge < -0.3 is 19.2 Å². The molecule has 25 heavy (non-hydrogen) atoms. The van der Waals surface area contributed by atoms with Crippen molar-refractivity contribution in [3.8, 4) is 0 Å². The van der Waals surface area contributed by atoms with Gasteiger partial charge in [0.25, 0.3) is 5.91 Å². The molecule has 0 saturated heterocycles. The minimum atomic E-state index is -0.605. The monoisotopic (exact) mass is 345 g/mol. The number of ether oxygens (including phenoxy) is 2. The number of furan rings is 1. The van der Waals surface area contributed by atoms with Gasteiger partial charge in [-0.3, -0.25) is 4.79 Å². The van der Waals surface area contributed by atoms with Crippen molar-refractivity contribution >= 4 is 17.8 Å². The van der Waals surface area contributed by atoms with E-state index in [1.807, 2.05) is 0 Å². The summed E-state index contributed by atoms with van der Waals surface area (Å²) in [6.45, 7) is 3.24. The van der Waals surface area contributed by atoms with Crippen LogP contribution in [0.4, 0.5) is 0 Å². The highest BCUT2D eigenvalue weighted by atomic mass is 16.5. The van der Waals surface area contributed by atoms with Crippen molar-refractivity contribution in [1.29, 1.82) is 0 Å². The maximum absolute atomic E-state index is 11.9. The van der Waals surface area contributed by atoms with E-state index in [-0.39, 0.29) is 13.2 Å². The molecule has 0 fully saturated rings. The second kappa shape index (κ2) is 8.14. The van der Waals surface area contributed by atoms with Crippen LogP contribution in [0, 0.1) is 13.8 Å². The Labute approximate surface area is 144 Å². The van der Waals surface area contributed by atoms with E-state index in [1.54, 1.807) is 44.2 Å². The molecule has 1 aromatic heterocycles. The lowest BCUT2D eigenvalue weighted by atomic mass is 10.1. The summed E-state index contributed by atoms with van der Waals surface area (Å²) in [6, 6.07) is 8.19. The van der Waals surface area contributed by atoms with Gasteiger partial charge in [-0.25, -0.2) is 9.59 Å². The number of carbonyl (C=O) groups excluding carboxylic acids is 3. The van der Waals surface area contributed by atoms with Crippen LogP contribution < -0.4 is 5.32 Å². The number of rotatable bonds is 6. The van der Waals surface area contributed by atoms with Crippen LogP contribution in [-0.4, -0.2) is 31.6 Å². The molecule has 1 N–H and O–H groups in total. The zero-order valence-electron chi connectivity index (χ0n) is 14.3. The summed E-state index contributed by atoms with van der Waals surface area (Å²) in [4.78, 5) is 35.0. The van der Waals surface area contributed by atoms with E-state index in [0.29, 0.717) is 22.6 Å². The third kappa shape index (κ3) is 4.94. The number of benzene rings is 1. The van der Waals surface area contributed by atoms with E-state index in [4.69, 9.17) is 9.15 Å². The van der Waals surface area contributed by atoms with Crippen LogP contribution in [0.25, 0.3) is 0 Å². The van der Waals surface area contributed by atoms with E-state index >= 15 is 0 Å². The van der Waals surface area contributed by atoms with Gasteiger partial charge >= 0.3 is 11.9 Å². The number of hydrogen-bond donors (Lipinski definition) is 1. The Balaban J connectivity index is 1.80. The zero-order chi connectivity index (χ0) is 18.4. The molecular weight excluding hydrogens is 326 g/mol. The van der Waals surface area contributed by atoms with Crippen molar-refractivity contribution in [2.45, 2.75) is 20.4 Å². The number of hydrogen-bond acceptors (Lipinski definition) is 6. The summed E-state index contributed by atoms with van der Waals surface area (Å²) < 4.78 is 14.8. The third-order valence-corrected chi connectivity index (χ3v) is 3.46. The summed E-state index contributed by atoms with van der Waals surface area (Å²) in [7, 11) is 1.31. The molecule has 0 aliphatic carbocycles. The predicted molar refractivity (Wildman–Crippen MR) is 88.1 cm³/mol. The van der Waals surface area contributed by atoms with Crippen LogP contribution >= 0.6 is 0 Å².